The van der Waals surface area contributed by atoms with Crippen LogP contribution >= 0.6 is 0 Å². The van der Waals surface area contributed by atoms with Crippen molar-refractivity contribution in [1.29, 1.82) is 0 Å². The van der Waals surface area contributed by atoms with Crippen LogP contribution in [-0.4, -0.2) is 27.7 Å². The van der Waals surface area contributed by atoms with Gasteiger partial charge in [-0.15, -0.1) is 0 Å². The summed E-state index contributed by atoms with van der Waals surface area (Å²) in [7, 11) is 0. The maximum absolute atomic E-state index is 11.5. The Labute approximate surface area is 91.2 Å². The molecule has 1 N–H and O–H groups in total. The van der Waals surface area contributed by atoms with E-state index in [9.17, 15) is 9.59 Å². The van der Waals surface area contributed by atoms with Gasteiger partial charge in [0.2, 0.25) is 5.91 Å². The Morgan fingerprint density at radius 3 is 2.81 bits per heavy atom. The summed E-state index contributed by atoms with van der Waals surface area (Å²) in [5.74, 6) is -1.01. The number of pyridine rings is 1. The third-order valence-corrected chi connectivity index (χ3v) is 2.15. The average molecular weight is 219 g/mol. The quantitative estimate of drug-likeness (QED) is 0.791. The second-order valence-electron chi connectivity index (χ2n) is 3.25. The molecule has 0 spiro atoms. The molecule has 0 unspecified atom stereocenters. The molecule has 1 amide bonds. The van der Waals surface area contributed by atoms with Gasteiger partial charge in [-0.05, 0) is 12.1 Å². The van der Waals surface area contributed by atoms with Crippen molar-refractivity contribution in [1.82, 2.24) is 4.98 Å². The summed E-state index contributed by atoms with van der Waals surface area (Å²) in [6.07, 6.45) is 1.83. The van der Waals surface area contributed by atoms with Crippen LogP contribution < -0.4 is 5.01 Å². The smallest absolute Gasteiger partial charge is 0.352 e. The molecular weight excluding hydrogens is 210 g/mol. The third-order valence-electron chi connectivity index (χ3n) is 2.15. The lowest BCUT2D eigenvalue weighted by atomic mass is 10.2. The van der Waals surface area contributed by atoms with Crippen LogP contribution in [0.5, 0.6) is 0 Å². The predicted molar refractivity (Wildman–Crippen MR) is 56.0 cm³/mol. The molecule has 2 rings (SSSR count). The molecule has 0 aliphatic carbocycles. The van der Waals surface area contributed by atoms with Crippen LogP contribution in [0.15, 0.2) is 29.5 Å². The van der Waals surface area contributed by atoms with E-state index in [4.69, 9.17) is 5.11 Å². The van der Waals surface area contributed by atoms with E-state index in [1.54, 1.807) is 18.2 Å². The molecule has 1 aliphatic heterocycles. The van der Waals surface area contributed by atoms with Crippen molar-refractivity contribution >= 4 is 23.4 Å². The van der Waals surface area contributed by atoms with Crippen molar-refractivity contribution in [3.63, 3.8) is 0 Å². The summed E-state index contributed by atoms with van der Waals surface area (Å²) in [4.78, 5) is 26.2. The number of nitrogens with zero attached hydrogens (tertiary/aromatic N) is 3. The van der Waals surface area contributed by atoms with Crippen molar-refractivity contribution in [2.75, 3.05) is 5.01 Å². The number of carbonyl (C=O) groups excluding carboxylic acids is 1. The van der Waals surface area contributed by atoms with E-state index >= 15 is 0 Å². The average Bonchev–Trinajstić information content (AvgIpc) is 2.30. The van der Waals surface area contributed by atoms with Crippen LogP contribution in [0.3, 0.4) is 0 Å². The van der Waals surface area contributed by atoms with Crippen LogP contribution in [0.2, 0.25) is 0 Å². The number of carboxylic acids is 1. The van der Waals surface area contributed by atoms with E-state index in [1.165, 1.54) is 6.20 Å². The minimum atomic E-state index is -1.10. The SMILES string of the molecule is O=C(O)C1=NN(c2ccccn2)C(=O)CC1. The number of carbonyl (C=O) groups is 2. The molecule has 0 fully saturated rings. The lowest BCUT2D eigenvalue weighted by Gasteiger charge is -2.20. The van der Waals surface area contributed by atoms with Gasteiger partial charge in [-0.1, -0.05) is 6.07 Å². The van der Waals surface area contributed by atoms with Gasteiger partial charge in [0.05, 0.1) is 0 Å². The number of hydrogen-bond acceptors (Lipinski definition) is 4. The summed E-state index contributed by atoms with van der Waals surface area (Å²) in [5.41, 5.74) is -0.0229. The fourth-order valence-corrected chi connectivity index (χ4v) is 1.37. The number of anilines is 1. The molecule has 0 saturated carbocycles. The normalized spacial score (nSPS) is 15.9. The fourth-order valence-electron chi connectivity index (χ4n) is 1.37. The van der Waals surface area contributed by atoms with Crippen molar-refractivity contribution < 1.29 is 14.7 Å². The monoisotopic (exact) mass is 219 g/mol. The molecule has 1 aromatic rings. The topological polar surface area (TPSA) is 82.9 Å². The highest BCUT2D eigenvalue weighted by Gasteiger charge is 2.25. The molecule has 0 bridgehead atoms. The van der Waals surface area contributed by atoms with E-state index < -0.39 is 5.97 Å². The van der Waals surface area contributed by atoms with E-state index in [1.807, 2.05) is 0 Å². The molecule has 0 saturated heterocycles. The summed E-state index contributed by atoms with van der Waals surface area (Å²) in [6, 6.07) is 5.02. The van der Waals surface area contributed by atoms with Gasteiger partial charge in [0.25, 0.3) is 0 Å². The second-order valence-corrected chi connectivity index (χ2v) is 3.25. The largest absolute Gasteiger partial charge is 0.477 e. The van der Waals surface area contributed by atoms with Gasteiger partial charge >= 0.3 is 5.97 Å². The molecule has 0 aromatic carbocycles. The lowest BCUT2D eigenvalue weighted by molar-refractivity contribution is -0.129. The number of rotatable bonds is 2. The Hall–Kier alpha value is -2.24. The molecule has 2 heterocycles. The molecule has 1 aromatic heterocycles. The highest BCUT2D eigenvalue weighted by Crippen LogP contribution is 2.17. The number of amides is 1. The van der Waals surface area contributed by atoms with Gasteiger partial charge in [-0.25, -0.2) is 9.78 Å². The number of aliphatic carboxylic acids is 1. The molecule has 0 radical (unpaired) electrons. The highest BCUT2D eigenvalue weighted by molar-refractivity contribution is 6.37. The Morgan fingerprint density at radius 2 is 2.19 bits per heavy atom. The van der Waals surface area contributed by atoms with Gasteiger partial charge in [0, 0.05) is 19.0 Å². The van der Waals surface area contributed by atoms with Gasteiger partial charge < -0.3 is 5.11 Å². The van der Waals surface area contributed by atoms with Crippen LogP contribution in [0.1, 0.15) is 12.8 Å². The standard InChI is InChI=1S/C10H9N3O3/c14-9-5-4-7(10(15)16)12-13(9)8-3-1-2-6-11-8/h1-3,6H,4-5H2,(H,15,16). The first kappa shape index (κ1) is 10.3. The van der Waals surface area contributed by atoms with Crippen LogP contribution in [0.4, 0.5) is 5.82 Å². The zero-order valence-corrected chi connectivity index (χ0v) is 8.33. The number of hydrazone groups is 1. The zero-order chi connectivity index (χ0) is 11.5. The molecule has 6 nitrogen and oxygen atoms in total. The maximum atomic E-state index is 11.5. The first-order valence-corrected chi connectivity index (χ1v) is 4.73. The van der Waals surface area contributed by atoms with E-state index in [0.29, 0.717) is 5.82 Å². The van der Waals surface area contributed by atoms with E-state index in [2.05, 4.69) is 10.1 Å². The van der Waals surface area contributed by atoms with E-state index in [-0.39, 0.29) is 24.5 Å². The van der Waals surface area contributed by atoms with Gasteiger partial charge in [-0.3, -0.25) is 4.79 Å². The minimum absolute atomic E-state index is 0.0229. The first-order valence-electron chi connectivity index (χ1n) is 4.73. The summed E-state index contributed by atoms with van der Waals surface area (Å²) in [6.45, 7) is 0. The number of hydrogen-bond donors (Lipinski definition) is 1. The Kier molecular flexibility index (Phi) is 2.63. The van der Waals surface area contributed by atoms with Gasteiger partial charge in [-0.2, -0.15) is 10.1 Å². The van der Waals surface area contributed by atoms with Crippen molar-refractivity contribution in [2.24, 2.45) is 5.10 Å². The van der Waals surface area contributed by atoms with E-state index in [0.717, 1.165) is 5.01 Å². The Morgan fingerprint density at radius 1 is 1.38 bits per heavy atom. The third kappa shape index (κ3) is 1.90. The van der Waals surface area contributed by atoms with Gasteiger partial charge in [0.15, 0.2) is 5.82 Å². The van der Waals surface area contributed by atoms with Gasteiger partial charge in [0.1, 0.15) is 5.71 Å². The lowest BCUT2D eigenvalue weighted by Crippen LogP contribution is -2.34. The zero-order valence-electron chi connectivity index (χ0n) is 8.33. The molecule has 0 atom stereocenters. The predicted octanol–water partition coefficient (Wildman–Crippen LogP) is 0.649. The van der Waals surface area contributed by atoms with Crippen LogP contribution in [0.25, 0.3) is 0 Å². The maximum Gasteiger partial charge on any atom is 0.352 e. The van der Waals surface area contributed by atoms with Crippen LogP contribution in [0, 0.1) is 0 Å². The Bertz CT molecular complexity index is 456. The van der Waals surface area contributed by atoms with Crippen molar-refractivity contribution in [3.05, 3.63) is 24.4 Å². The molecule has 16 heavy (non-hydrogen) atoms. The highest BCUT2D eigenvalue weighted by atomic mass is 16.4. The summed E-state index contributed by atoms with van der Waals surface area (Å²) >= 11 is 0. The first-order chi connectivity index (χ1) is 7.68. The summed E-state index contributed by atoms with van der Waals surface area (Å²) in [5, 5.41) is 13.6. The second kappa shape index (κ2) is 4.09. The van der Waals surface area contributed by atoms with Crippen molar-refractivity contribution in [3.8, 4) is 0 Å². The summed E-state index contributed by atoms with van der Waals surface area (Å²) < 4.78 is 0. The van der Waals surface area contributed by atoms with Crippen LogP contribution in [-0.2, 0) is 9.59 Å². The molecule has 1 aliphatic rings. The molecule has 82 valence electrons. The van der Waals surface area contributed by atoms with Crippen molar-refractivity contribution in [2.45, 2.75) is 12.8 Å². The minimum Gasteiger partial charge on any atom is -0.477 e. The number of carboxylic acid groups (broad SMARTS) is 1. The molecule has 6 heteroatoms. The molecular formula is C10H9N3O3. The Balaban J connectivity index is 2.35. The number of aromatic nitrogens is 1. The fraction of sp³-hybridized carbons (Fsp3) is 0.200.